The standard InChI is InChI=1S/C5H10N3/c6-3-1-2-4-8-5-7/h1-4,6H2/q-1. The molecule has 0 atom stereocenters. The van der Waals surface area contributed by atoms with Crippen LogP contribution in [0, 0.1) is 0 Å². The number of aliphatic imine (C=N–C) groups is 1. The van der Waals surface area contributed by atoms with Crippen LogP contribution in [-0.2, 0) is 0 Å². The van der Waals surface area contributed by atoms with Crippen molar-refractivity contribution in [2.24, 2.45) is 10.7 Å². The molecule has 0 radical (unpaired) electrons. The lowest BCUT2D eigenvalue weighted by molar-refractivity contribution is 0.758. The topological polar surface area (TPSA) is 60.7 Å². The Kier molecular flexibility index (Phi) is 5.82. The summed E-state index contributed by atoms with van der Waals surface area (Å²) in [5.74, 6) is 0. The van der Waals surface area contributed by atoms with Crippen LogP contribution in [0.3, 0.4) is 0 Å². The van der Waals surface area contributed by atoms with Crippen molar-refractivity contribution < 1.29 is 0 Å². The van der Waals surface area contributed by atoms with Crippen LogP contribution < -0.4 is 5.73 Å². The molecule has 3 nitrogen and oxygen atoms in total. The molecular formula is C5H10N3-. The smallest absolute Gasteiger partial charge is 0.00773 e. The normalized spacial score (nSPS) is 8.12. The Morgan fingerprint density at radius 3 is 2.75 bits per heavy atom. The second kappa shape index (κ2) is 6.34. The minimum Gasteiger partial charge on any atom is -0.431 e. The zero-order valence-corrected chi connectivity index (χ0v) is 4.80. The lowest BCUT2D eigenvalue weighted by atomic mass is 10.3. The maximum Gasteiger partial charge on any atom is -0.00773 e. The lowest BCUT2D eigenvalue weighted by Crippen LogP contribution is -1.98. The number of nitrogens with two attached hydrogens (primary N) is 1. The van der Waals surface area contributed by atoms with Crippen molar-refractivity contribution in [3.05, 3.63) is 5.41 Å². The molecule has 0 aliphatic heterocycles. The van der Waals surface area contributed by atoms with E-state index in [1.165, 1.54) is 0 Å². The molecule has 0 unspecified atom stereocenters. The molecule has 0 aromatic rings. The molecule has 0 spiro atoms. The first-order valence-electron chi connectivity index (χ1n) is 2.67. The number of rotatable bonds is 4. The van der Waals surface area contributed by atoms with E-state index in [0.29, 0.717) is 13.1 Å². The third-order valence-corrected chi connectivity index (χ3v) is 0.795. The molecule has 0 bridgehead atoms. The first kappa shape index (κ1) is 7.34. The summed E-state index contributed by atoms with van der Waals surface area (Å²) in [6.07, 6.45) is 1.90. The molecule has 0 aliphatic carbocycles. The zero-order valence-electron chi connectivity index (χ0n) is 4.80. The van der Waals surface area contributed by atoms with Gasteiger partial charge in [-0.15, -0.1) is 0 Å². The molecule has 0 amide bonds. The minimum atomic E-state index is 0.633. The molecule has 0 heterocycles. The minimum absolute atomic E-state index is 0.633. The van der Waals surface area contributed by atoms with E-state index < -0.39 is 0 Å². The second-order valence-corrected chi connectivity index (χ2v) is 1.48. The molecule has 0 saturated heterocycles. The van der Waals surface area contributed by atoms with Gasteiger partial charge in [0.05, 0.1) is 0 Å². The summed E-state index contributed by atoms with van der Waals surface area (Å²) < 4.78 is 0. The first-order chi connectivity index (χ1) is 3.91. The molecule has 3 heteroatoms. The Balaban J connectivity index is 2.82. The quantitative estimate of drug-likeness (QED) is 0.417. The Bertz CT molecular complexity index is 83.7. The van der Waals surface area contributed by atoms with Crippen molar-refractivity contribution in [3.8, 4) is 0 Å². The van der Waals surface area contributed by atoms with Gasteiger partial charge in [0, 0.05) is 0 Å². The van der Waals surface area contributed by atoms with Gasteiger partial charge in [0.2, 0.25) is 0 Å². The fourth-order valence-electron chi connectivity index (χ4n) is 0.385. The molecular weight excluding hydrogens is 102 g/mol. The van der Waals surface area contributed by atoms with Crippen LogP contribution in [0.25, 0.3) is 5.41 Å². The van der Waals surface area contributed by atoms with E-state index in [1.54, 1.807) is 6.01 Å². The predicted octanol–water partition coefficient (Wildman–Crippen LogP) is 0.469. The Morgan fingerprint density at radius 1 is 1.50 bits per heavy atom. The number of hydrogen-bond donors (Lipinski definition) is 1. The van der Waals surface area contributed by atoms with E-state index in [0.717, 1.165) is 12.8 Å². The van der Waals surface area contributed by atoms with E-state index in [1.807, 2.05) is 0 Å². The summed E-state index contributed by atoms with van der Waals surface area (Å²) in [5.41, 5.74) is 5.19. The second-order valence-electron chi connectivity index (χ2n) is 1.48. The molecule has 8 heavy (non-hydrogen) atoms. The van der Waals surface area contributed by atoms with Gasteiger partial charge in [-0.05, 0) is 19.5 Å². The monoisotopic (exact) mass is 112 g/mol. The van der Waals surface area contributed by atoms with Crippen molar-refractivity contribution in [2.45, 2.75) is 12.8 Å². The summed E-state index contributed by atoms with van der Waals surface area (Å²) in [7, 11) is 0. The van der Waals surface area contributed by atoms with Gasteiger partial charge in [-0.25, -0.2) is 0 Å². The molecule has 0 fully saturated rings. The molecule has 0 aliphatic rings. The summed E-state index contributed by atoms with van der Waals surface area (Å²) in [4.78, 5) is 3.46. The van der Waals surface area contributed by atoms with Crippen LogP contribution in [0.15, 0.2) is 4.99 Å². The SMILES string of the molecule is [N-]=C=NCCCCN. The largest absolute Gasteiger partial charge is 0.431 e. The summed E-state index contributed by atoms with van der Waals surface area (Å²) >= 11 is 0. The Morgan fingerprint density at radius 2 is 2.25 bits per heavy atom. The molecule has 2 N–H and O–H groups in total. The fraction of sp³-hybridized carbons (Fsp3) is 0.800. The van der Waals surface area contributed by atoms with Gasteiger partial charge in [-0.3, -0.25) is 0 Å². The highest BCUT2D eigenvalue weighted by Crippen LogP contribution is 1.83. The van der Waals surface area contributed by atoms with Gasteiger partial charge in [-0.2, -0.15) is 6.01 Å². The highest BCUT2D eigenvalue weighted by atomic mass is 14.7. The van der Waals surface area contributed by atoms with Crippen molar-refractivity contribution in [3.63, 3.8) is 0 Å². The lowest BCUT2D eigenvalue weighted by Gasteiger charge is -1.93. The van der Waals surface area contributed by atoms with Crippen molar-refractivity contribution in [2.75, 3.05) is 13.1 Å². The molecule has 0 rings (SSSR count). The fourth-order valence-corrected chi connectivity index (χ4v) is 0.385. The van der Waals surface area contributed by atoms with Crippen molar-refractivity contribution in [1.29, 1.82) is 0 Å². The van der Waals surface area contributed by atoms with Crippen LogP contribution in [0.4, 0.5) is 0 Å². The Labute approximate surface area is 49.1 Å². The summed E-state index contributed by atoms with van der Waals surface area (Å²) in [5, 5.41) is 7.92. The molecule has 0 aromatic carbocycles. The van der Waals surface area contributed by atoms with Crippen LogP contribution in [0.2, 0.25) is 0 Å². The van der Waals surface area contributed by atoms with E-state index in [4.69, 9.17) is 11.1 Å². The van der Waals surface area contributed by atoms with Gasteiger partial charge >= 0.3 is 0 Å². The summed E-state index contributed by atoms with van der Waals surface area (Å²) in [6.45, 7) is 1.33. The Hall–Kier alpha value is -0.660. The van der Waals surface area contributed by atoms with Crippen molar-refractivity contribution in [1.82, 2.24) is 0 Å². The maximum atomic E-state index is 7.92. The van der Waals surface area contributed by atoms with E-state index in [9.17, 15) is 0 Å². The predicted molar refractivity (Wildman–Crippen MR) is 33.9 cm³/mol. The van der Waals surface area contributed by atoms with E-state index in [2.05, 4.69) is 4.99 Å². The molecule has 0 aromatic heterocycles. The van der Waals surface area contributed by atoms with Crippen molar-refractivity contribution >= 4 is 6.01 Å². The van der Waals surface area contributed by atoms with E-state index in [-0.39, 0.29) is 0 Å². The third kappa shape index (κ3) is 5.34. The zero-order chi connectivity index (χ0) is 6.24. The third-order valence-electron chi connectivity index (χ3n) is 0.795. The maximum absolute atomic E-state index is 7.92. The number of hydrogen-bond acceptors (Lipinski definition) is 2. The molecule has 0 saturated carbocycles. The average molecular weight is 112 g/mol. The first-order valence-corrected chi connectivity index (χ1v) is 2.67. The van der Waals surface area contributed by atoms with Gasteiger partial charge < -0.3 is 16.1 Å². The highest BCUT2D eigenvalue weighted by molar-refractivity contribution is 5.44. The average Bonchev–Trinajstić information content (AvgIpc) is 1.81. The van der Waals surface area contributed by atoms with Crippen LogP contribution in [-0.4, -0.2) is 19.1 Å². The molecule has 46 valence electrons. The highest BCUT2D eigenvalue weighted by Gasteiger charge is 1.75. The van der Waals surface area contributed by atoms with Gasteiger partial charge in [0.1, 0.15) is 0 Å². The number of nitrogens with zero attached hydrogens (tertiary/aromatic N) is 2. The summed E-state index contributed by atoms with van der Waals surface area (Å²) in [6, 6.07) is 1.71. The van der Waals surface area contributed by atoms with Gasteiger partial charge in [0.25, 0.3) is 0 Å². The van der Waals surface area contributed by atoms with Gasteiger partial charge in [-0.1, -0.05) is 6.42 Å². The number of unbranched alkanes of at least 4 members (excludes halogenated alkanes) is 1. The van der Waals surface area contributed by atoms with Crippen LogP contribution in [0.5, 0.6) is 0 Å². The van der Waals surface area contributed by atoms with Crippen LogP contribution in [0.1, 0.15) is 12.8 Å². The van der Waals surface area contributed by atoms with Crippen LogP contribution >= 0.6 is 0 Å². The van der Waals surface area contributed by atoms with Gasteiger partial charge in [0.15, 0.2) is 0 Å². The van der Waals surface area contributed by atoms with E-state index >= 15 is 0 Å².